The van der Waals surface area contributed by atoms with Crippen molar-refractivity contribution in [1.82, 2.24) is 20.8 Å². The largest absolute Gasteiger partial charge is 0.384 e. The fraction of sp³-hybridized carbons (Fsp3) is 0.474. The molecule has 132 valence electrons. The Labute approximate surface area is 148 Å². The first-order chi connectivity index (χ1) is 12.3. The molecule has 3 heterocycles. The molecule has 25 heavy (non-hydrogen) atoms. The molecule has 0 bridgehead atoms. The van der Waals surface area contributed by atoms with Crippen LogP contribution in [0.1, 0.15) is 18.4 Å². The van der Waals surface area contributed by atoms with E-state index in [0.29, 0.717) is 23.7 Å². The molecule has 4 N–H and O–H groups in total. The summed E-state index contributed by atoms with van der Waals surface area (Å²) < 4.78 is 0. The number of nitrogen functional groups attached to an aromatic ring is 1. The summed E-state index contributed by atoms with van der Waals surface area (Å²) in [4.78, 5) is 10.7. The molecule has 2 unspecified atom stereocenters. The topological polar surface area (TPSA) is 79.1 Å². The van der Waals surface area contributed by atoms with Crippen LogP contribution in [0.2, 0.25) is 0 Å². The van der Waals surface area contributed by atoms with Gasteiger partial charge in [0.05, 0.1) is 0 Å². The highest BCUT2D eigenvalue weighted by Gasteiger charge is 2.35. The number of benzene rings is 1. The monoisotopic (exact) mass is 338 g/mol. The summed E-state index contributed by atoms with van der Waals surface area (Å²) in [6.45, 7) is 3.09. The van der Waals surface area contributed by atoms with Crippen molar-refractivity contribution < 1.29 is 0 Å². The lowest BCUT2D eigenvalue weighted by Crippen LogP contribution is -2.45. The number of hydrogen-bond acceptors (Lipinski definition) is 6. The van der Waals surface area contributed by atoms with E-state index < -0.39 is 0 Å². The molecular weight excluding hydrogens is 312 g/mol. The minimum absolute atomic E-state index is 0.539. The lowest BCUT2D eigenvalue weighted by atomic mass is 9.81. The molecule has 2 aromatic rings. The maximum atomic E-state index is 5.79. The average molecular weight is 338 g/mol. The summed E-state index contributed by atoms with van der Waals surface area (Å²) in [5.41, 5.74) is 14.2. The first kappa shape index (κ1) is 16.3. The third-order valence-corrected chi connectivity index (χ3v) is 5.53. The minimum Gasteiger partial charge on any atom is -0.384 e. The number of anilines is 2. The molecule has 2 fully saturated rings. The molecule has 2 atom stereocenters. The maximum absolute atomic E-state index is 5.79. The zero-order chi connectivity index (χ0) is 17.1. The van der Waals surface area contributed by atoms with E-state index in [4.69, 9.17) is 5.73 Å². The first-order valence-electron chi connectivity index (χ1n) is 9.14. The molecule has 0 radical (unpaired) electrons. The van der Waals surface area contributed by atoms with E-state index in [2.05, 4.69) is 56.1 Å². The number of nitrogens with zero attached hydrogens (tertiary/aromatic N) is 3. The summed E-state index contributed by atoms with van der Waals surface area (Å²) in [7, 11) is 0. The van der Waals surface area contributed by atoms with Gasteiger partial charge in [-0.2, -0.15) is 0 Å². The number of nitrogens with two attached hydrogens (primary N) is 1. The molecule has 1 aromatic carbocycles. The molecule has 2 aliphatic heterocycles. The number of hydrazine groups is 1. The fourth-order valence-corrected chi connectivity index (χ4v) is 4.19. The van der Waals surface area contributed by atoms with Crippen LogP contribution in [0, 0.1) is 11.8 Å². The van der Waals surface area contributed by atoms with Gasteiger partial charge in [0.2, 0.25) is 0 Å². The second-order valence-electron chi connectivity index (χ2n) is 7.13. The van der Waals surface area contributed by atoms with Gasteiger partial charge < -0.3 is 10.6 Å². The fourth-order valence-electron chi connectivity index (χ4n) is 4.19. The predicted octanol–water partition coefficient (Wildman–Crippen LogP) is 1.61. The molecule has 6 nitrogen and oxygen atoms in total. The molecule has 2 aliphatic rings. The number of rotatable bonds is 4. The van der Waals surface area contributed by atoms with E-state index in [9.17, 15) is 0 Å². The Balaban J connectivity index is 1.36. The number of nitrogens with one attached hydrogen (secondary N) is 2. The molecule has 0 spiro atoms. The molecule has 4 rings (SSSR count). The van der Waals surface area contributed by atoms with Crippen LogP contribution in [0.5, 0.6) is 0 Å². The van der Waals surface area contributed by atoms with Crippen molar-refractivity contribution in [2.75, 3.05) is 30.3 Å². The highest BCUT2D eigenvalue weighted by Crippen LogP contribution is 2.30. The molecule has 2 saturated heterocycles. The highest BCUT2D eigenvalue weighted by molar-refractivity contribution is 5.46. The maximum Gasteiger partial charge on any atom is 0.134 e. The van der Waals surface area contributed by atoms with Crippen molar-refractivity contribution in [3.05, 3.63) is 48.3 Å². The van der Waals surface area contributed by atoms with Crippen LogP contribution in [-0.4, -0.2) is 35.6 Å². The molecule has 0 aliphatic carbocycles. The van der Waals surface area contributed by atoms with Gasteiger partial charge in [-0.05, 0) is 36.7 Å². The van der Waals surface area contributed by atoms with Gasteiger partial charge >= 0.3 is 0 Å². The van der Waals surface area contributed by atoms with Crippen LogP contribution < -0.4 is 21.5 Å². The summed E-state index contributed by atoms with van der Waals surface area (Å²) in [6.07, 6.45) is 5.03. The van der Waals surface area contributed by atoms with Crippen LogP contribution in [-0.2, 0) is 6.42 Å². The number of aromatic nitrogens is 2. The van der Waals surface area contributed by atoms with Crippen molar-refractivity contribution in [2.24, 2.45) is 11.8 Å². The Morgan fingerprint density at radius 1 is 1.12 bits per heavy atom. The van der Waals surface area contributed by atoms with Gasteiger partial charge in [-0.3, -0.25) is 10.9 Å². The minimum atomic E-state index is 0.539. The van der Waals surface area contributed by atoms with E-state index in [-0.39, 0.29) is 0 Å². The van der Waals surface area contributed by atoms with Crippen LogP contribution in [0.4, 0.5) is 11.6 Å². The molecule has 0 amide bonds. The quantitative estimate of drug-likeness (QED) is 0.786. The van der Waals surface area contributed by atoms with E-state index in [1.54, 1.807) is 6.33 Å². The lowest BCUT2D eigenvalue weighted by Gasteiger charge is -2.37. The zero-order valence-electron chi connectivity index (χ0n) is 14.4. The van der Waals surface area contributed by atoms with Gasteiger partial charge in [-0.15, -0.1) is 0 Å². The number of piperidine rings is 1. The third-order valence-electron chi connectivity index (χ3n) is 5.53. The van der Waals surface area contributed by atoms with E-state index >= 15 is 0 Å². The van der Waals surface area contributed by atoms with Crippen molar-refractivity contribution >= 4 is 11.6 Å². The summed E-state index contributed by atoms with van der Waals surface area (Å²) in [5, 5.41) is 0. The normalized spacial score (nSPS) is 24.6. The molecule has 0 saturated carbocycles. The molecule has 1 aromatic heterocycles. The Morgan fingerprint density at radius 2 is 1.92 bits per heavy atom. The van der Waals surface area contributed by atoms with E-state index in [0.717, 1.165) is 31.9 Å². The summed E-state index contributed by atoms with van der Waals surface area (Å²) in [6, 6.07) is 13.2. The van der Waals surface area contributed by atoms with Crippen molar-refractivity contribution in [2.45, 2.75) is 25.3 Å². The van der Waals surface area contributed by atoms with Crippen molar-refractivity contribution in [3.8, 4) is 0 Å². The molecular formula is C19H26N6. The predicted molar refractivity (Wildman–Crippen MR) is 99.9 cm³/mol. The SMILES string of the molecule is Nc1cc(N2CCC(C3NNCC3Cc3ccccc3)CC2)ncn1. The van der Waals surface area contributed by atoms with Gasteiger partial charge in [0.1, 0.15) is 18.0 Å². The van der Waals surface area contributed by atoms with Crippen molar-refractivity contribution in [3.63, 3.8) is 0 Å². The van der Waals surface area contributed by atoms with Gasteiger partial charge in [-0.1, -0.05) is 30.3 Å². The van der Waals surface area contributed by atoms with Gasteiger partial charge in [0.25, 0.3) is 0 Å². The van der Waals surface area contributed by atoms with Crippen molar-refractivity contribution in [1.29, 1.82) is 0 Å². The standard InChI is InChI=1S/C19H26N6/c20-17-11-18(22-13-21-17)25-8-6-15(7-9-25)19-16(12-23-24-19)10-14-4-2-1-3-5-14/h1-5,11,13,15-16,19,23-24H,6-10,12H2,(H2,20,21,22). The average Bonchev–Trinajstić information content (AvgIpc) is 3.11. The second-order valence-corrected chi connectivity index (χ2v) is 7.13. The van der Waals surface area contributed by atoms with Gasteiger partial charge in [0, 0.05) is 31.7 Å². The van der Waals surface area contributed by atoms with Crippen LogP contribution in [0.3, 0.4) is 0 Å². The smallest absolute Gasteiger partial charge is 0.134 e. The zero-order valence-corrected chi connectivity index (χ0v) is 14.4. The highest BCUT2D eigenvalue weighted by atomic mass is 15.4. The Hall–Kier alpha value is -2.18. The third kappa shape index (κ3) is 3.75. The number of hydrogen-bond donors (Lipinski definition) is 3. The first-order valence-corrected chi connectivity index (χ1v) is 9.14. The second kappa shape index (κ2) is 7.37. The Bertz CT molecular complexity index is 683. The molecule has 6 heteroatoms. The Morgan fingerprint density at radius 3 is 2.68 bits per heavy atom. The van der Waals surface area contributed by atoms with E-state index in [1.807, 2.05) is 6.07 Å². The summed E-state index contributed by atoms with van der Waals surface area (Å²) >= 11 is 0. The summed E-state index contributed by atoms with van der Waals surface area (Å²) in [5.74, 6) is 2.83. The van der Waals surface area contributed by atoms with Crippen LogP contribution in [0.15, 0.2) is 42.7 Å². The lowest BCUT2D eigenvalue weighted by molar-refractivity contribution is 0.267. The van der Waals surface area contributed by atoms with Gasteiger partial charge in [0.15, 0.2) is 0 Å². The van der Waals surface area contributed by atoms with Crippen LogP contribution >= 0.6 is 0 Å². The van der Waals surface area contributed by atoms with Gasteiger partial charge in [-0.25, -0.2) is 9.97 Å². The van der Waals surface area contributed by atoms with E-state index in [1.165, 1.54) is 18.4 Å². The Kier molecular flexibility index (Phi) is 4.81. The van der Waals surface area contributed by atoms with Crippen LogP contribution in [0.25, 0.3) is 0 Å².